The third-order valence-corrected chi connectivity index (χ3v) is 5.26. The average molecular weight is 446 g/mol. The highest BCUT2D eigenvalue weighted by Crippen LogP contribution is 2.39. The molecule has 0 aliphatic heterocycles. The number of benzene rings is 1. The molecule has 32 heavy (non-hydrogen) atoms. The molecule has 0 saturated heterocycles. The van der Waals surface area contributed by atoms with Crippen molar-refractivity contribution >= 4 is 5.97 Å². The van der Waals surface area contributed by atoms with Gasteiger partial charge >= 0.3 is 12.1 Å². The first-order chi connectivity index (χ1) is 15.3. The number of alkyl halides is 3. The Hall–Kier alpha value is -3.29. The highest BCUT2D eigenvalue weighted by molar-refractivity contribution is 5.73. The van der Waals surface area contributed by atoms with Crippen LogP contribution < -0.4 is 4.74 Å². The van der Waals surface area contributed by atoms with Crippen LogP contribution in [0.1, 0.15) is 42.1 Å². The largest absolute Gasteiger partial charge is 0.493 e. The summed E-state index contributed by atoms with van der Waals surface area (Å²) in [6.45, 7) is 2.42. The van der Waals surface area contributed by atoms with E-state index >= 15 is 0 Å². The normalized spacial score (nSPS) is 13.5. The quantitative estimate of drug-likeness (QED) is 0.451. The lowest BCUT2D eigenvalue weighted by molar-refractivity contribution is -0.151. The van der Waals surface area contributed by atoms with Crippen LogP contribution in [0, 0.1) is 0 Å². The Morgan fingerprint density at radius 2 is 1.81 bits per heavy atom. The summed E-state index contributed by atoms with van der Waals surface area (Å²) in [6.07, 6.45) is 0.495. The second-order valence-electron chi connectivity index (χ2n) is 7.52. The van der Waals surface area contributed by atoms with E-state index in [1.165, 1.54) is 29.1 Å². The monoisotopic (exact) mass is 446 g/mol. The zero-order chi connectivity index (χ0) is 23.1. The number of aliphatic carboxylic acids is 1. The van der Waals surface area contributed by atoms with Crippen LogP contribution in [-0.4, -0.2) is 33.4 Å². The minimum Gasteiger partial charge on any atom is -0.493 e. The lowest BCUT2D eigenvalue weighted by atomic mass is 9.88. The van der Waals surface area contributed by atoms with Crippen molar-refractivity contribution in [1.29, 1.82) is 0 Å². The van der Waals surface area contributed by atoms with Crippen molar-refractivity contribution in [3.8, 4) is 5.75 Å². The molecule has 0 radical (unpaired) electrons. The first-order valence-electron chi connectivity index (χ1n) is 10.4. The minimum atomic E-state index is -4.51. The van der Waals surface area contributed by atoms with Crippen molar-refractivity contribution < 1.29 is 27.8 Å². The van der Waals surface area contributed by atoms with Gasteiger partial charge in [0.25, 0.3) is 0 Å². The standard InChI is InChI=1S/C24H25F3N2O3/c1-2-17-5-8-19(28-16-17)11-14-32-20-9-6-18(7-10-20)21(15-24(25,26)27)22(23(30)31)29-12-3-4-13-29/h3-10,12-13,16,21-22H,2,11,14-15H2,1H3,(H,30,31). The zero-order valence-corrected chi connectivity index (χ0v) is 17.6. The van der Waals surface area contributed by atoms with Crippen molar-refractivity contribution in [3.63, 3.8) is 0 Å². The van der Waals surface area contributed by atoms with E-state index in [-0.39, 0.29) is 5.56 Å². The third-order valence-electron chi connectivity index (χ3n) is 5.26. The maximum atomic E-state index is 13.3. The number of carboxylic acids is 1. The second kappa shape index (κ2) is 10.3. The summed E-state index contributed by atoms with van der Waals surface area (Å²) in [5.74, 6) is -2.11. The Labute approximate surface area is 184 Å². The van der Waals surface area contributed by atoms with E-state index in [2.05, 4.69) is 11.9 Å². The van der Waals surface area contributed by atoms with Crippen LogP contribution in [0.15, 0.2) is 67.1 Å². The Bertz CT molecular complexity index is 985. The second-order valence-corrected chi connectivity index (χ2v) is 7.52. The van der Waals surface area contributed by atoms with Crippen LogP contribution >= 0.6 is 0 Å². The molecule has 0 bridgehead atoms. The van der Waals surface area contributed by atoms with E-state index < -0.39 is 30.5 Å². The molecule has 3 rings (SSSR count). The number of aryl methyl sites for hydroxylation is 1. The van der Waals surface area contributed by atoms with Crippen LogP contribution in [0.4, 0.5) is 13.2 Å². The Balaban J connectivity index is 1.71. The van der Waals surface area contributed by atoms with Gasteiger partial charge in [0.2, 0.25) is 0 Å². The smallest absolute Gasteiger partial charge is 0.389 e. The lowest BCUT2D eigenvalue weighted by Crippen LogP contribution is -2.28. The van der Waals surface area contributed by atoms with Gasteiger partial charge in [0.05, 0.1) is 13.0 Å². The molecule has 0 aliphatic rings. The summed E-state index contributed by atoms with van der Waals surface area (Å²) in [5, 5.41) is 9.67. The number of hydrogen-bond donors (Lipinski definition) is 1. The molecule has 1 N–H and O–H groups in total. The first-order valence-corrected chi connectivity index (χ1v) is 10.4. The minimum absolute atomic E-state index is 0.285. The van der Waals surface area contributed by atoms with Gasteiger partial charge in [-0.3, -0.25) is 4.98 Å². The summed E-state index contributed by atoms with van der Waals surface area (Å²) in [6, 6.07) is 11.9. The summed E-state index contributed by atoms with van der Waals surface area (Å²) >= 11 is 0. The molecule has 0 amide bonds. The van der Waals surface area contributed by atoms with Gasteiger partial charge in [0.1, 0.15) is 11.8 Å². The van der Waals surface area contributed by atoms with Crippen molar-refractivity contribution in [1.82, 2.24) is 9.55 Å². The molecule has 2 atom stereocenters. The van der Waals surface area contributed by atoms with E-state index in [1.807, 2.05) is 18.3 Å². The first kappa shape index (κ1) is 23.4. The maximum absolute atomic E-state index is 13.3. The molecule has 0 fully saturated rings. The summed E-state index contributed by atoms with van der Waals surface area (Å²) in [5.41, 5.74) is 2.32. The van der Waals surface area contributed by atoms with E-state index in [9.17, 15) is 23.1 Å². The van der Waals surface area contributed by atoms with Gasteiger partial charge in [-0.05, 0) is 47.9 Å². The van der Waals surface area contributed by atoms with Crippen LogP contribution in [0.5, 0.6) is 5.75 Å². The molecule has 0 aliphatic carbocycles. The van der Waals surface area contributed by atoms with Gasteiger partial charge in [0, 0.05) is 36.6 Å². The lowest BCUT2D eigenvalue weighted by Gasteiger charge is -2.27. The number of ether oxygens (including phenoxy) is 1. The van der Waals surface area contributed by atoms with E-state index in [0.717, 1.165) is 17.7 Å². The number of carbonyl (C=O) groups is 1. The maximum Gasteiger partial charge on any atom is 0.389 e. The van der Waals surface area contributed by atoms with Crippen molar-refractivity contribution in [2.45, 2.75) is 44.3 Å². The van der Waals surface area contributed by atoms with Gasteiger partial charge in [-0.25, -0.2) is 4.79 Å². The molecule has 1 aromatic carbocycles. The third kappa shape index (κ3) is 6.35. The predicted molar refractivity (Wildman–Crippen MR) is 114 cm³/mol. The molecule has 8 heteroatoms. The van der Waals surface area contributed by atoms with Gasteiger partial charge < -0.3 is 14.4 Å². The molecule has 3 aromatic rings. The summed E-state index contributed by atoms with van der Waals surface area (Å²) in [7, 11) is 0. The summed E-state index contributed by atoms with van der Waals surface area (Å²) in [4.78, 5) is 16.2. The highest BCUT2D eigenvalue weighted by Gasteiger charge is 2.40. The zero-order valence-electron chi connectivity index (χ0n) is 17.6. The van der Waals surface area contributed by atoms with Crippen LogP contribution in [0.2, 0.25) is 0 Å². The van der Waals surface area contributed by atoms with Crippen molar-refractivity contribution in [2.75, 3.05) is 6.61 Å². The fourth-order valence-electron chi connectivity index (χ4n) is 3.60. The van der Waals surface area contributed by atoms with Crippen molar-refractivity contribution in [3.05, 3.63) is 83.9 Å². The number of pyridine rings is 1. The molecule has 2 unspecified atom stereocenters. The molecule has 2 aromatic heterocycles. The van der Waals surface area contributed by atoms with Crippen LogP contribution in [0.25, 0.3) is 0 Å². The average Bonchev–Trinajstić information content (AvgIpc) is 3.27. The number of hydrogen-bond acceptors (Lipinski definition) is 3. The molecule has 2 heterocycles. The molecule has 5 nitrogen and oxygen atoms in total. The molecular weight excluding hydrogens is 421 g/mol. The fourth-order valence-corrected chi connectivity index (χ4v) is 3.60. The van der Waals surface area contributed by atoms with E-state index in [1.54, 1.807) is 24.3 Å². The Morgan fingerprint density at radius 1 is 1.12 bits per heavy atom. The number of halogens is 3. The van der Waals surface area contributed by atoms with Gasteiger partial charge in [-0.1, -0.05) is 25.1 Å². The van der Waals surface area contributed by atoms with Gasteiger partial charge in [-0.2, -0.15) is 13.2 Å². The molecule has 0 spiro atoms. The van der Waals surface area contributed by atoms with E-state index in [0.29, 0.717) is 18.8 Å². The van der Waals surface area contributed by atoms with Gasteiger partial charge in [-0.15, -0.1) is 0 Å². The number of aromatic nitrogens is 2. The molecule has 170 valence electrons. The topological polar surface area (TPSA) is 64.3 Å². The number of rotatable bonds is 10. The van der Waals surface area contributed by atoms with Crippen LogP contribution in [0.3, 0.4) is 0 Å². The van der Waals surface area contributed by atoms with Gasteiger partial charge in [0.15, 0.2) is 0 Å². The highest BCUT2D eigenvalue weighted by atomic mass is 19.4. The Morgan fingerprint density at radius 3 is 2.34 bits per heavy atom. The van der Waals surface area contributed by atoms with Crippen molar-refractivity contribution in [2.24, 2.45) is 0 Å². The SMILES string of the molecule is CCc1ccc(CCOc2ccc(C(CC(F)(F)F)C(C(=O)O)n3cccc3)cc2)nc1. The number of carboxylic acid groups (broad SMARTS) is 1. The van der Waals surface area contributed by atoms with Crippen LogP contribution in [-0.2, 0) is 17.6 Å². The van der Waals surface area contributed by atoms with E-state index in [4.69, 9.17) is 4.74 Å². The number of nitrogens with zero attached hydrogens (tertiary/aromatic N) is 2. The fraction of sp³-hybridized carbons (Fsp3) is 0.333. The molecular formula is C24H25F3N2O3. The summed E-state index contributed by atoms with van der Waals surface area (Å²) < 4.78 is 46.8. The molecule has 0 saturated carbocycles. The predicted octanol–water partition coefficient (Wildman–Crippen LogP) is 5.43. The Kier molecular flexibility index (Phi) is 7.56.